The summed E-state index contributed by atoms with van der Waals surface area (Å²) in [4.78, 5) is 24.7. The van der Waals surface area contributed by atoms with Crippen LogP contribution in [0.1, 0.15) is 23.7 Å². The van der Waals surface area contributed by atoms with Crippen LogP contribution in [0.3, 0.4) is 0 Å². The van der Waals surface area contributed by atoms with E-state index in [9.17, 15) is 14.7 Å². The van der Waals surface area contributed by atoms with Gasteiger partial charge in [0.15, 0.2) is 0 Å². The van der Waals surface area contributed by atoms with Gasteiger partial charge in [-0.25, -0.2) is 9.59 Å². The number of urea groups is 1. The number of hydrogen-bond donors (Lipinski definition) is 3. The van der Waals surface area contributed by atoms with Crippen molar-refractivity contribution in [3.8, 4) is 0 Å². The number of nitrogens with zero attached hydrogens (tertiary/aromatic N) is 1. The Morgan fingerprint density at radius 1 is 1.43 bits per heavy atom. The van der Waals surface area contributed by atoms with Gasteiger partial charge in [-0.2, -0.15) is 0 Å². The van der Waals surface area contributed by atoms with Crippen LogP contribution < -0.4 is 5.32 Å². The van der Waals surface area contributed by atoms with Crippen molar-refractivity contribution in [3.05, 3.63) is 28.8 Å². The predicted molar refractivity (Wildman–Crippen MR) is 78.8 cm³/mol. The van der Waals surface area contributed by atoms with E-state index >= 15 is 0 Å². The Bertz CT molecular complexity index is 562. The summed E-state index contributed by atoms with van der Waals surface area (Å²) in [7, 11) is 0. The van der Waals surface area contributed by atoms with E-state index in [0.29, 0.717) is 18.8 Å². The molecule has 2 amide bonds. The maximum atomic E-state index is 12.1. The van der Waals surface area contributed by atoms with E-state index in [1.807, 2.05) is 0 Å². The summed E-state index contributed by atoms with van der Waals surface area (Å²) in [6.45, 7) is 2.76. The highest BCUT2D eigenvalue weighted by molar-refractivity contribution is 6.31. The number of carbonyl (C=O) groups excluding carboxylic acids is 1. The molecule has 1 aromatic carbocycles. The molecule has 1 saturated heterocycles. The second-order valence-corrected chi connectivity index (χ2v) is 5.64. The molecule has 2 rings (SSSR count). The summed E-state index contributed by atoms with van der Waals surface area (Å²) >= 11 is 5.84. The minimum Gasteiger partial charge on any atom is -0.478 e. The monoisotopic (exact) mass is 312 g/mol. The van der Waals surface area contributed by atoms with Gasteiger partial charge in [-0.3, -0.25) is 0 Å². The molecule has 3 N–H and O–H groups in total. The zero-order valence-electron chi connectivity index (χ0n) is 11.5. The van der Waals surface area contributed by atoms with Crippen LogP contribution in [0.4, 0.5) is 10.5 Å². The first-order valence-corrected chi connectivity index (χ1v) is 7.02. The van der Waals surface area contributed by atoms with Crippen LogP contribution in [0, 0.1) is 5.92 Å². The van der Waals surface area contributed by atoms with Gasteiger partial charge >= 0.3 is 12.0 Å². The highest BCUT2D eigenvalue weighted by atomic mass is 35.5. The van der Waals surface area contributed by atoms with Gasteiger partial charge in [-0.15, -0.1) is 0 Å². The van der Waals surface area contributed by atoms with Gasteiger partial charge in [0.2, 0.25) is 0 Å². The largest absolute Gasteiger partial charge is 0.478 e. The molecule has 0 aliphatic carbocycles. The van der Waals surface area contributed by atoms with Crippen molar-refractivity contribution in [3.63, 3.8) is 0 Å². The van der Waals surface area contributed by atoms with Crippen molar-refractivity contribution in [1.29, 1.82) is 0 Å². The van der Waals surface area contributed by atoms with E-state index in [1.54, 1.807) is 11.8 Å². The number of aromatic carboxylic acids is 1. The number of rotatable bonds is 3. The van der Waals surface area contributed by atoms with Crippen molar-refractivity contribution >= 4 is 29.3 Å². The van der Waals surface area contributed by atoms with Crippen molar-refractivity contribution in [2.45, 2.75) is 19.4 Å². The molecule has 1 heterocycles. The van der Waals surface area contributed by atoms with Crippen molar-refractivity contribution in [2.24, 2.45) is 5.92 Å². The maximum Gasteiger partial charge on any atom is 0.335 e. The number of likely N-dealkylation sites (tertiary alicyclic amines) is 1. The molecule has 0 radical (unpaired) electrons. The van der Waals surface area contributed by atoms with E-state index in [1.165, 1.54) is 18.2 Å². The van der Waals surface area contributed by atoms with E-state index in [4.69, 9.17) is 16.7 Å². The van der Waals surface area contributed by atoms with Crippen LogP contribution >= 0.6 is 11.6 Å². The maximum absolute atomic E-state index is 12.1. The van der Waals surface area contributed by atoms with Crippen LogP contribution in [0.15, 0.2) is 18.2 Å². The van der Waals surface area contributed by atoms with E-state index in [2.05, 4.69) is 5.32 Å². The lowest BCUT2D eigenvalue weighted by atomic mass is 10.0. The molecule has 0 saturated carbocycles. The first-order chi connectivity index (χ1) is 9.86. The lowest BCUT2D eigenvalue weighted by Crippen LogP contribution is -2.34. The molecule has 6 nitrogen and oxygen atoms in total. The molecule has 1 aliphatic rings. The highest BCUT2D eigenvalue weighted by Gasteiger charge is 2.29. The number of aliphatic hydroxyl groups is 1. The zero-order valence-corrected chi connectivity index (χ0v) is 12.3. The molecule has 2 atom stereocenters. The molecule has 0 spiro atoms. The number of anilines is 1. The number of carboxylic acids is 1. The van der Waals surface area contributed by atoms with Gasteiger partial charge in [0.05, 0.1) is 11.7 Å². The first kappa shape index (κ1) is 15.6. The SMILES string of the molecule is CC(O)C1CCN(C(=O)Nc2cc(Cl)cc(C(=O)O)c2)C1. The van der Waals surface area contributed by atoms with E-state index in [0.717, 1.165) is 6.42 Å². The smallest absolute Gasteiger partial charge is 0.335 e. The fraction of sp³-hybridized carbons (Fsp3) is 0.429. The third-order valence-corrected chi connectivity index (χ3v) is 3.81. The molecule has 1 aromatic rings. The summed E-state index contributed by atoms with van der Waals surface area (Å²) in [6, 6.07) is 3.85. The topological polar surface area (TPSA) is 89.9 Å². The Kier molecular flexibility index (Phi) is 4.69. The Morgan fingerprint density at radius 2 is 2.14 bits per heavy atom. The lowest BCUT2D eigenvalue weighted by Gasteiger charge is -2.18. The molecular weight excluding hydrogens is 296 g/mol. The highest BCUT2D eigenvalue weighted by Crippen LogP contribution is 2.22. The van der Waals surface area contributed by atoms with Gasteiger partial charge in [-0.1, -0.05) is 11.6 Å². The van der Waals surface area contributed by atoms with Crippen LogP contribution in [-0.2, 0) is 0 Å². The Morgan fingerprint density at radius 3 is 2.71 bits per heavy atom. The van der Waals surface area contributed by atoms with Crippen LogP contribution in [0.25, 0.3) is 0 Å². The van der Waals surface area contributed by atoms with Crippen molar-refractivity contribution < 1.29 is 19.8 Å². The quantitative estimate of drug-likeness (QED) is 0.798. The molecule has 1 aliphatic heterocycles. The normalized spacial score (nSPS) is 19.4. The number of halogens is 1. The summed E-state index contributed by atoms with van der Waals surface area (Å²) in [5.41, 5.74) is 0.353. The number of amides is 2. The third-order valence-electron chi connectivity index (χ3n) is 3.59. The molecule has 2 unspecified atom stereocenters. The predicted octanol–water partition coefficient (Wildman–Crippen LogP) is 2.27. The molecule has 114 valence electrons. The van der Waals surface area contributed by atoms with Crippen molar-refractivity contribution in [2.75, 3.05) is 18.4 Å². The van der Waals surface area contributed by atoms with Gasteiger partial charge in [0, 0.05) is 29.7 Å². The molecule has 0 bridgehead atoms. The molecular formula is C14H17ClN2O4. The average Bonchev–Trinajstić information content (AvgIpc) is 2.87. The third kappa shape index (κ3) is 3.86. The summed E-state index contributed by atoms with van der Waals surface area (Å²) in [6.07, 6.45) is 0.300. The number of nitrogens with one attached hydrogen (secondary N) is 1. The van der Waals surface area contributed by atoms with Gasteiger partial charge in [0.25, 0.3) is 0 Å². The van der Waals surface area contributed by atoms with Crippen LogP contribution in [0.5, 0.6) is 0 Å². The molecule has 0 aromatic heterocycles. The Labute approximate surface area is 127 Å². The number of aliphatic hydroxyl groups excluding tert-OH is 1. The molecule has 7 heteroatoms. The summed E-state index contributed by atoms with van der Waals surface area (Å²) in [5.74, 6) is -1.03. The zero-order chi connectivity index (χ0) is 15.6. The lowest BCUT2D eigenvalue weighted by molar-refractivity contribution is 0.0697. The van der Waals surface area contributed by atoms with Crippen LogP contribution in [-0.4, -0.2) is 46.3 Å². The minimum atomic E-state index is -1.11. The minimum absolute atomic E-state index is 0.0149. The van der Waals surface area contributed by atoms with E-state index in [-0.39, 0.29) is 22.5 Å². The van der Waals surface area contributed by atoms with Crippen molar-refractivity contribution in [1.82, 2.24) is 4.90 Å². The fourth-order valence-corrected chi connectivity index (χ4v) is 2.59. The molecule has 1 fully saturated rings. The number of hydrogen-bond acceptors (Lipinski definition) is 3. The van der Waals surface area contributed by atoms with Crippen LogP contribution in [0.2, 0.25) is 5.02 Å². The number of carboxylic acid groups (broad SMARTS) is 1. The van der Waals surface area contributed by atoms with Gasteiger partial charge in [0.1, 0.15) is 0 Å². The fourth-order valence-electron chi connectivity index (χ4n) is 2.35. The van der Waals surface area contributed by atoms with Gasteiger partial charge in [-0.05, 0) is 31.5 Å². The van der Waals surface area contributed by atoms with Gasteiger partial charge < -0.3 is 20.4 Å². The second-order valence-electron chi connectivity index (χ2n) is 5.20. The molecule has 21 heavy (non-hydrogen) atoms. The summed E-state index contributed by atoms with van der Waals surface area (Å²) in [5, 5.41) is 21.4. The average molecular weight is 313 g/mol. The second kappa shape index (κ2) is 6.32. The Hall–Kier alpha value is -1.79. The first-order valence-electron chi connectivity index (χ1n) is 6.64. The van der Waals surface area contributed by atoms with E-state index < -0.39 is 12.1 Å². The summed E-state index contributed by atoms with van der Waals surface area (Å²) < 4.78 is 0. The standard InChI is InChI=1S/C14H17ClN2O4/c1-8(18)9-2-3-17(7-9)14(21)16-12-5-10(13(19)20)4-11(15)6-12/h4-6,8-9,18H,2-3,7H2,1H3,(H,16,21)(H,19,20). The number of benzene rings is 1. The Balaban J connectivity index is 2.05. The number of carbonyl (C=O) groups is 2.